The van der Waals surface area contributed by atoms with Gasteiger partial charge in [-0.15, -0.1) is 6.58 Å². The fourth-order valence-corrected chi connectivity index (χ4v) is 2.14. The van der Waals surface area contributed by atoms with Crippen molar-refractivity contribution in [2.75, 3.05) is 32.7 Å². The molecule has 0 aromatic carbocycles. The lowest BCUT2D eigenvalue weighted by molar-refractivity contribution is 0.00989. The first-order valence-electron chi connectivity index (χ1n) is 7.31. The van der Waals surface area contributed by atoms with Crippen LogP contribution >= 0.6 is 0 Å². The van der Waals surface area contributed by atoms with Crippen molar-refractivity contribution in [2.45, 2.75) is 45.3 Å². The lowest BCUT2D eigenvalue weighted by Crippen LogP contribution is -2.51. The number of β-amino-alcohol motifs (C(OH)–C–C–N with tert-alkyl or cyclic N) is 1. The molecule has 20 heavy (non-hydrogen) atoms. The summed E-state index contributed by atoms with van der Waals surface area (Å²) in [4.78, 5) is 15.8. The molecule has 1 unspecified atom stereocenters. The summed E-state index contributed by atoms with van der Waals surface area (Å²) in [6, 6.07) is 0. The van der Waals surface area contributed by atoms with E-state index in [1.165, 1.54) is 0 Å². The van der Waals surface area contributed by atoms with E-state index in [0.717, 1.165) is 25.9 Å². The van der Waals surface area contributed by atoms with Crippen molar-refractivity contribution in [2.24, 2.45) is 0 Å². The Bertz CT molecular complexity index is 318. The summed E-state index contributed by atoms with van der Waals surface area (Å²) in [6.45, 7) is 12.8. The van der Waals surface area contributed by atoms with Crippen molar-refractivity contribution in [3.8, 4) is 0 Å². The van der Waals surface area contributed by atoms with Crippen LogP contribution in [0.15, 0.2) is 12.7 Å². The average Bonchev–Trinajstić information content (AvgIpc) is 2.35. The van der Waals surface area contributed by atoms with Crippen molar-refractivity contribution in [1.82, 2.24) is 9.80 Å². The minimum absolute atomic E-state index is 0.246. The van der Waals surface area contributed by atoms with Gasteiger partial charge in [0, 0.05) is 32.7 Å². The third-order valence-electron chi connectivity index (χ3n) is 3.20. The van der Waals surface area contributed by atoms with E-state index in [0.29, 0.717) is 19.6 Å². The first kappa shape index (κ1) is 17.0. The number of allylic oxidation sites excluding steroid dienone is 1. The normalized spacial score (nSPS) is 18.7. The topological polar surface area (TPSA) is 53.0 Å². The largest absolute Gasteiger partial charge is 0.444 e. The molecule has 0 saturated carbocycles. The van der Waals surface area contributed by atoms with E-state index in [-0.39, 0.29) is 12.2 Å². The summed E-state index contributed by atoms with van der Waals surface area (Å²) in [5.41, 5.74) is -0.449. The van der Waals surface area contributed by atoms with E-state index in [9.17, 15) is 9.90 Å². The second-order valence-electron chi connectivity index (χ2n) is 6.29. The lowest BCUT2D eigenvalue weighted by atomic mass is 10.1. The van der Waals surface area contributed by atoms with Crippen molar-refractivity contribution in [3.63, 3.8) is 0 Å². The molecule has 5 nitrogen and oxygen atoms in total. The van der Waals surface area contributed by atoms with Crippen LogP contribution in [0.2, 0.25) is 0 Å². The summed E-state index contributed by atoms with van der Waals surface area (Å²) < 4.78 is 5.35. The van der Waals surface area contributed by atoms with Crippen LogP contribution in [-0.2, 0) is 4.74 Å². The third kappa shape index (κ3) is 6.39. The standard InChI is InChI=1S/C15H28N2O3/c1-5-6-7-13(18)12-16-8-10-17(11-9-16)14(19)20-15(2,3)4/h5,13,18H,1,6-12H2,2-4H3. The van der Waals surface area contributed by atoms with Crippen molar-refractivity contribution in [1.29, 1.82) is 0 Å². The zero-order valence-corrected chi connectivity index (χ0v) is 13.0. The Balaban J connectivity index is 2.29. The van der Waals surface area contributed by atoms with Gasteiger partial charge in [-0.3, -0.25) is 4.90 Å². The van der Waals surface area contributed by atoms with E-state index < -0.39 is 5.60 Å². The highest BCUT2D eigenvalue weighted by atomic mass is 16.6. The Hall–Kier alpha value is -1.07. The predicted molar refractivity (Wildman–Crippen MR) is 79.7 cm³/mol. The van der Waals surface area contributed by atoms with E-state index in [4.69, 9.17) is 4.74 Å². The van der Waals surface area contributed by atoms with Crippen LogP contribution in [0, 0.1) is 0 Å². The van der Waals surface area contributed by atoms with Gasteiger partial charge in [0.1, 0.15) is 5.60 Å². The molecule has 0 radical (unpaired) electrons. The maximum atomic E-state index is 11.9. The molecule has 5 heteroatoms. The number of ether oxygens (including phenoxy) is 1. The van der Waals surface area contributed by atoms with E-state index >= 15 is 0 Å². The van der Waals surface area contributed by atoms with E-state index in [2.05, 4.69) is 11.5 Å². The van der Waals surface area contributed by atoms with Crippen LogP contribution in [0.4, 0.5) is 4.79 Å². The number of nitrogens with zero attached hydrogens (tertiary/aromatic N) is 2. The predicted octanol–water partition coefficient (Wildman–Crippen LogP) is 1.87. The number of hydrogen-bond acceptors (Lipinski definition) is 4. The van der Waals surface area contributed by atoms with Crippen LogP contribution in [0.3, 0.4) is 0 Å². The third-order valence-corrected chi connectivity index (χ3v) is 3.20. The lowest BCUT2D eigenvalue weighted by Gasteiger charge is -2.36. The fourth-order valence-electron chi connectivity index (χ4n) is 2.14. The second-order valence-corrected chi connectivity index (χ2v) is 6.29. The Morgan fingerprint density at radius 1 is 1.35 bits per heavy atom. The first-order valence-corrected chi connectivity index (χ1v) is 7.31. The molecule has 1 atom stereocenters. The summed E-state index contributed by atoms with van der Waals surface area (Å²) in [5.74, 6) is 0. The molecule has 1 aliphatic heterocycles. The maximum absolute atomic E-state index is 11.9. The van der Waals surface area contributed by atoms with Gasteiger partial charge in [0.15, 0.2) is 0 Å². The summed E-state index contributed by atoms with van der Waals surface area (Å²) >= 11 is 0. The summed E-state index contributed by atoms with van der Waals surface area (Å²) in [5, 5.41) is 9.87. The van der Waals surface area contributed by atoms with E-state index in [1.807, 2.05) is 26.8 Å². The molecule has 0 bridgehead atoms. The number of aliphatic hydroxyl groups is 1. The molecule has 1 N–H and O–H groups in total. The highest BCUT2D eigenvalue weighted by Crippen LogP contribution is 2.12. The van der Waals surface area contributed by atoms with Gasteiger partial charge < -0.3 is 14.7 Å². The number of amides is 1. The van der Waals surface area contributed by atoms with Crippen LogP contribution < -0.4 is 0 Å². The number of piperazine rings is 1. The highest BCUT2D eigenvalue weighted by Gasteiger charge is 2.26. The number of rotatable bonds is 5. The van der Waals surface area contributed by atoms with Gasteiger partial charge >= 0.3 is 6.09 Å². The maximum Gasteiger partial charge on any atom is 0.410 e. The number of aliphatic hydroxyl groups excluding tert-OH is 1. The molecule has 0 aromatic rings. The van der Waals surface area contributed by atoms with Gasteiger partial charge in [0.25, 0.3) is 0 Å². The molecule has 1 rings (SSSR count). The van der Waals surface area contributed by atoms with Crippen molar-refractivity contribution >= 4 is 6.09 Å². The number of carbonyl (C=O) groups excluding carboxylic acids is 1. The van der Waals surface area contributed by atoms with Gasteiger partial charge in [-0.1, -0.05) is 6.08 Å². The first-order chi connectivity index (χ1) is 9.31. The van der Waals surface area contributed by atoms with Crippen LogP contribution in [0.5, 0.6) is 0 Å². The molecule has 1 aliphatic rings. The Morgan fingerprint density at radius 2 is 1.95 bits per heavy atom. The molecule has 0 spiro atoms. The average molecular weight is 284 g/mol. The second kappa shape index (κ2) is 7.64. The molecule has 1 fully saturated rings. The van der Waals surface area contributed by atoms with Crippen LogP contribution in [-0.4, -0.2) is 65.4 Å². The van der Waals surface area contributed by atoms with Crippen molar-refractivity contribution in [3.05, 3.63) is 12.7 Å². The number of hydrogen-bond donors (Lipinski definition) is 1. The molecular formula is C15H28N2O3. The monoisotopic (exact) mass is 284 g/mol. The quantitative estimate of drug-likeness (QED) is 0.783. The zero-order valence-electron chi connectivity index (χ0n) is 13.0. The SMILES string of the molecule is C=CCCC(O)CN1CCN(C(=O)OC(C)(C)C)CC1. The molecule has 1 amide bonds. The molecule has 0 aromatic heterocycles. The van der Waals surface area contributed by atoms with Crippen molar-refractivity contribution < 1.29 is 14.6 Å². The van der Waals surface area contributed by atoms with Gasteiger partial charge in [0.05, 0.1) is 6.10 Å². The zero-order chi connectivity index (χ0) is 15.2. The Kier molecular flexibility index (Phi) is 6.49. The molecule has 0 aliphatic carbocycles. The minimum atomic E-state index is -0.449. The molecular weight excluding hydrogens is 256 g/mol. The molecule has 1 heterocycles. The van der Waals surface area contributed by atoms with Crippen LogP contribution in [0.25, 0.3) is 0 Å². The van der Waals surface area contributed by atoms with Gasteiger partial charge in [-0.05, 0) is 33.6 Å². The van der Waals surface area contributed by atoms with Gasteiger partial charge in [0.2, 0.25) is 0 Å². The Labute approximate surface area is 122 Å². The molecule has 1 saturated heterocycles. The highest BCUT2D eigenvalue weighted by molar-refractivity contribution is 5.68. The fraction of sp³-hybridized carbons (Fsp3) is 0.800. The summed E-state index contributed by atoms with van der Waals surface area (Å²) in [7, 11) is 0. The smallest absolute Gasteiger partial charge is 0.410 e. The van der Waals surface area contributed by atoms with E-state index in [1.54, 1.807) is 4.90 Å². The Morgan fingerprint density at radius 3 is 2.45 bits per heavy atom. The number of carbonyl (C=O) groups is 1. The van der Waals surface area contributed by atoms with Crippen LogP contribution in [0.1, 0.15) is 33.6 Å². The van der Waals surface area contributed by atoms with Gasteiger partial charge in [-0.2, -0.15) is 0 Å². The molecule has 116 valence electrons. The van der Waals surface area contributed by atoms with Gasteiger partial charge in [-0.25, -0.2) is 4.79 Å². The summed E-state index contributed by atoms with van der Waals surface area (Å²) in [6.07, 6.45) is 2.84. The minimum Gasteiger partial charge on any atom is -0.444 e.